The summed E-state index contributed by atoms with van der Waals surface area (Å²) in [4.78, 5) is 0. The third-order valence-corrected chi connectivity index (χ3v) is 2.45. The molecule has 0 fully saturated rings. The molecule has 0 aliphatic rings. The van der Waals surface area contributed by atoms with Crippen LogP contribution in [0, 0.1) is 0 Å². The zero-order chi connectivity index (χ0) is 13.9. The molecule has 19 heavy (non-hydrogen) atoms. The van der Waals surface area contributed by atoms with E-state index in [0.29, 0.717) is 25.4 Å². The number of aliphatic hydroxyl groups excluding tert-OH is 1. The summed E-state index contributed by atoms with van der Waals surface area (Å²) in [6.07, 6.45) is 3.56. The molecule has 0 bridgehead atoms. The molecule has 3 nitrogen and oxygen atoms in total. The van der Waals surface area contributed by atoms with Crippen LogP contribution in [0.2, 0.25) is 0 Å². The Morgan fingerprint density at radius 1 is 1.37 bits per heavy atom. The Bertz CT molecular complexity index is 384. The summed E-state index contributed by atoms with van der Waals surface area (Å²) < 4.78 is 10.6. The second-order valence-electron chi connectivity index (χ2n) is 4.17. The fourth-order valence-electron chi connectivity index (χ4n) is 1.55. The van der Waals surface area contributed by atoms with Gasteiger partial charge in [0.25, 0.3) is 0 Å². The summed E-state index contributed by atoms with van der Waals surface area (Å²) >= 11 is 0. The van der Waals surface area contributed by atoms with Crippen LogP contribution in [0.1, 0.15) is 18.9 Å². The molecule has 0 radical (unpaired) electrons. The molecule has 1 aromatic rings. The summed E-state index contributed by atoms with van der Waals surface area (Å²) in [6.45, 7) is 7.09. The largest absolute Gasteiger partial charge is 0.499 e. The van der Waals surface area contributed by atoms with E-state index in [-0.39, 0.29) is 6.61 Å². The molecule has 104 valence electrons. The first-order chi connectivity index (χ1) is 9.22. The maximum absolute atomic E-state index is 9.69. The van der Waals surface area contributed by atoms with Gasteiger partial charge in [0.2, 0.25) is 0 Å². The monoisotopic (exact) mass is 262 g/mol. The van der Waals surface area contributed by atoms with Crippen molar-refractivity contribution < 1.29 is 14.6 Å². The third-order valence-electron chi connectivity index (χ3n) is 2.45. The van der Waals surface area contributed by atoms with Crippen LogP contribution in [-0.4, -0.2) is 24.4 Å². The predicted octanol–water partition coefficient (Wildman–Crippen LogP) is 3.06. The summed E-state index contributed by atoms with van der Waals surface area (Å²) in [7, 11) is 0. The highest BCUT2D eigenvalue weighted by atomic mass is 16.5. The van der Waals surface area contributed by atoms with E-state index in [9.17, 15) is 5.11 Å². The summed E-state index contributed by atoms with van der Waals surface area (Å²) in [5.41, 5.74) is 1.10. The Balaban J connectivity index is 2.15. The van der Waals surface area contributed by atoms with E-state index in [1.807, 2.05) is 43.3 Å². The van der Waals surface area contributed by atoms with Crippen molar-refractivity contribution in [1.29, 1.82) is 0 Å². The number of rotatable bonds is 9. The standard InChI is InChI=1S/C16H22O3/c1-3-19-14(2)8-7-11-16(17)13-18-12-15-9-5-4-6-10-15/h4-7,9-11,16-17H,2-3,8,12-13H2,1H3/b11-7+/t16-/m1/s1. The molecular formula is C16H22O3. The highest BCUT2D eigenvalue weighted by Crippen LogP contribution is 2.03. The van der Waals surface area contributed by atoms with Crippen molar-refractivity contribution in [2.75, 3.05) is 13.2 Å². The van der Waals surface area contributed by atoms with Gasteiger partial charge in [-0.25, -0.2) is 0 Å². The summed E-state index contributed by atoms with van der Waals surface area (Å²) in [5.74, 6) is 0.705. The zero-order valence-electron chi connectivity index (χ0n) is 11.4. The van der Waals surface area contributed by atoms with Gasteiger partial charge in [-0.3, -0.25) is 0 Å². The van der Waals surface area contributed by atoms with Crippen molar-refractivity contribution in [2.24, 2.45) is 0 Å². The molecule has 0 saturated heterocycles. The van der Waals surface area contributed by atoms with Crippen LogP contribution >= 0.6 is 0 Å². The van der Waals surface area contributed by atoms with Gasteiger partial charge in [0.05, 0.1) is 31.7 Å². The minimum Gasteiger partial charge on any atom is -0.499 e. The topological polar surface area (TPSA) is 38.7 Å². The fraction of sp³-hybridized carbons (Fsp3) is 0.375. The molecule has 1 rings (SSSR count). The average Bonchev–Trinajstić information content (AvgIpc) is 2.40. The van der Waals surface area contributed by atoms with Crippen LogP contribution in [0.3, 0.4) is 0 Å². The minimum absolute atomic E-state index is 0.284. The first kappa shape index (κ1) is 15.5. The summed E-state index contributed by atoms with van der Waals surface area (Å²) in [6, 6.07) is 9.89. The van der Waals surface area contributed by atoms with Crippen LogP contribution in [0.5, 0.6) is 0 Å². The maximum atomic E-state index is 9.69. The number of aliphatic hydroxyl groups is 1. The first-order valence-electron chi connectivity index (χ1n) is 6.49. The van der Waals surface area contributed by atoms with Crippen LogP contribution in [0.25, 0.3) is 0 Å². The van der Waals surface area contributed by atoms with Gasteiger partial charge in [0.15, 0.2) is 0 Å². The molecule has 1 N–H and O–H groups in total. The van der Waals surface area contributed by atoms with Crippen LogP contribution in [-0.2, 0) is 16.1 Å². The SMILES string of the molecule is C=C(C/C=C/[C@@H](O)COCc1ccccc1)OCC. The lowest BCUT2D eigenvalue weighted by Gasteiger charge is -2.08. The molecule has 0 unspecified atom stereocenters. The highest BCUT2D eigenvalue weighted by Gasteiger charge is 1.99. The number of hydrogen-bond acceptors (Lipinski definition) is 3. The second-order valence-corrected chi connectivity index (χ2v) is 4.17. The van der Waals surface area contributed by atoms with E-state index < -0.39 is 6.10 Å². The van der Waals surface area contributed by atoms with Crippen molar-refractivity contribution in [1.82, 2.24) is 0 Å². The number of hydrogen-bond donors (Lipinski definition) is 1. The number of allylic oxidation sites excluding steroid dienone is 1. The van der Waals surface area contributed by atoms with Gasteiger partial charge < -0.3 is 14.6 Å². The predicted molar refractivity (Wildman–Crippen MR) is 76.6 cm³/mol. The lowest BCUT2D eigenvalue weighted by molar-refractivity contribution is 0.0502. The smallest absolute Gasteiger partial charge is 0.0954 e. The Labute approximate surface area is 115 Å². The molecule has 1 atom stereocenters. The van der Waals surface area contributed by atoms with Gasteiger partial charge in [0.1, 0.15) is 0 Å². The normalized spacial score (nSPS) is 12.5. The van der Waals surface area contributed by atoms with Gasteiger partial charge in [-0.1, -0.05) is 49.1 Å². The lowest BCUT2D eigenvalue weighted by Crippen LogP contribution is -2.12. The molecule has 3 heteroatoms. The van der Waals surface area contributed by atoms with E-state index in [2.05, 4.69) is 6.58 Å². The molecule has 0 aromatic heterocycles. The van der Waals surface area contributed by atoms with Crippen molar-refractivity contribution in [3.05, 3.63) is 60.4 Å². The zero-order valence-corrected chi connectivity index (χ0v) is 11.4. The van der Waals surface area contributed by atoms with E-state index in [4.69, 9.17) is 9.47 Å². The van der Waals surface area contributed by atoms with E-state index in [1.165, 1.54) is 0 Å². The van der Waals surface area contributed by atoms with E-state index in [0.717, 1.165) is 5.56 Å². The van der Waals surface area contributed by atoms with Gasteiger partial charge in [-0.2, -0.15) is 0 Å². The Morgan fingerprint density at radius 3 is 2.79 bits per heavy atom. The first-order valence-corrected chi connectivity index (χ1v) is 6.49. The van der Waals surface area contributed by atoms with Crippen molar-refractivity contribution in [2.45, 2.75) is 26.1 Å². The van der Waals surface area contributed by atoms with Crippen LogP contribution in [0.15, 0.2) is 54.8 Å². The van der Waals surface area contributed by atoms with E-state index in [1.54, 1.807) is 6.08 Å². The quantitative estimate of drug-likeness (QED) is 0.549. The maximum Gasteiger partial charge on any atom is 0.0954 e. The average molecular weight is 262 g/mol. The second kappa shape index (κ2) is 9.36. The highest BCUT2D eigenvalue weighted by molar-refractivity contribution is 5.13. The van der Waals surface area contributed by atoms with Crippen molar-refractivity contribution in [3.8, 4) is 0 Å². The minimum atomic E-state index is -0.599. The molecule has 0 aliphatic carbocycles. The van der Waals surface area contributed by atoms with Crippen molar-refractivity contribution in [3.63, 3.8) is 0 Å². The summed E-state index contributed by atoms with van der Waals surface area (Å²) in [5, 5.41) is 9.69. The lowest BCUT2D eigenvalue weighted by atomic mass is 10.2. The number of ether oxygens (including phenoxy) is 2. The van der Waals surface area contributed by atoms with Gasteiger partial charge in [0, 0.05) is 6.42 Å². The Kier molecular flexibility index (Phi) is 7.63. The molecule has 0 heterocycles. The molecule has 0 amide bonds. The van der Waals surface area contributed by atoms with E-state index >= 15 is 0 Å². The molecular weight excluding hydrogens is 240 g/mol. The van der Waals surface area contributed by atoms with Gasteiger partial charge in [-0.15, -0.1) is 0 Å². The number of benzene rings is 1. The molecule has 0 spiro atoms. The van der Waals surface area contributed by atoms with Gasteiger partial charge >= 0.3 is 0 Å². The molecule has 0 aliphatic heterocycles. The Hall–Kier alpha value is -1.58. The van der Waals surface area contributed by atoms with Crippen LogP contribution < -0.4 is 0 Å². The molecule has 0 saturated carbocycles. The fourth-order valence-corrected chi connectivity index (χ4v) is 1.55. The van der Waals surface area contributed by atoms with Crippen molar-refractivity contribution >= 4 is 0 Å². The van der Waals surface area contributed by atoms with Crippen LogP contribution in [0.4, 0.5) is 0 Å². The van der Waals surface area contributed by atoms with Gasteiger partial charge in [-0.05, 0) is 12.5 Å². The third kappa shape index (κ3) is 7.44. The Morgan fingerprint density at radius 2 is 2.11 bits per heavy atom. The molecule has 1 aromatic carbocycles.